The van der Waals surface area contributed by atoms with E-state index in [1.165, 1.54) is 12.1 Å². The lowest BCUT2D eigenvalue weighted by Crippen LogP contribution is -2.31. The molecule has 27 heavy (non-hydrogen) atoms. The third-order valence-corrected chi connectivity index (χ3v) is 6.68. The molecule has 1 atom stereocenters. The van der Waals surface area contributed by atoms with Gasteiger partial charge in [0.05, 0.1) is 10.5 Å². The van der Waals surface area contributed by atoms with Crippen molar-refractivity contribution >= 4 is 21.7 Å². The van der Waals surface area contributed by atoms with Gasteiger partial charge < -0.3 is 10.0 Å². The highest BCUT2D eigenvalue weighted by Crippen LogP contribution is 2.25. The molecule has 6 nitrogen and oxygen atoms in total. The van der Waals surface area contributed by atoms with Crippen molar-refractivity contribution in [2.45, 2.75) is 25.2 Å². The van der Waals surface area contributed by atoms with Crippen molar-refractivity contribution in [3.63, 3.8) is 0 Å². The number of carbonyl (C=O) groups is 1. The molecule has 7 heteroatoms. The second kappa shape index (κ2) is 7.70. The Balaban J connectivity index is 1.70. The zero-order valence-corrected chi connectivity index (χ0v) is 16.3. The minimum Gasteiger partial charge on any atom is -0.478 e. The lowest BCUT2D eigenvalue weighted by molar-refractivity contribution is 0.0696. The number of para-hydroxylation sites is 1. The van der Waals surface area contributed by atoms with Crippen LogP contribution in [0.25, 0.3) is 0 Å². The molecule has 1 saturated heterocycles. The van der Waals surface area contributed by atoms with Gasteiger partial charge in [-0.3, -0.25) is 0 Å². The molecule has 2 N–H and O–H groups in total. The fourth-order valence-corrected chi connectivity index (χ4v) is 4.86. The quantitative estimate of drug-likeness (QED) is 0.795. The number of rotatable bonds is 6. The maximum Gasteiger partial charge on any atom is 0.335 e. The topological polar surface area (TPSA) is 86.7 Å². The number of benzene rings is 2. The highest BCUT2D eigenvalue weighted by Gasteiger charge is 2.26. The van der Waals surface area contributed by atoms with E-state index in [9.17, 15) is 18.3 Å². The molecule has 1 aliphatic heterocycles. The second-order valence-electron chi connectivity index (χ2n) is 7.01. The first-order valence-corrected chi connectivity index (χ1v) is 10.4. The highest BCUT2D eigenvalue weighted by atomic mass is 32.2. The Labute approximate surface area is 159 Å². The van der Waals surface area contributed by atoms with Gasteiger partial charge in [0.2, 0.25) is 10.0 Å². The fraction of sp³-hybridized carbons (Fsp3) is 0.350. The van der Waals surface area contributed by atoms with Crippen molar-refractivity contribution in [1.29, 1.82) is 0 Å². The third kappa shape index (κ3) is 4.31. The number of sulfonamides is 1. The molecular formula is C20H24N2O4S. The van der Waals surface area contributed by atoms with E-state index < -0.39 is 16.0 Å². The summed E-state index contributed by atoms with van der Waals surface area (Å²) in [6.45, 7) is 5.43. The van der Waals surface area contributed by atoms with Gasteiger partial charge in [-0.1, -0.05) is 18.2 Å². The van der Waals surface area contributed by atoms with Gasteiger partial charge in [0.25, 0.3) is 0 Å². The van der Waals surface area contributed by atoms with Crippen molar-refractivity contribution in [2.75, 3.05) is 24.5 Å². The molecule has 2 aromatic rings. The molecule has 0 aliphatic carbocycles. The maximum absolute atomic E-state index is 12.8. The predicted octanol–water partition coefficient (Wildman–Crippen LogP) is 2.81. The summed E-state index contributed by atoms with van der Waals surface area (Å²) in [6, 6.07) is 12.8. The highest BCUT2D eigenvalue weighted by molar-refractivity contribution is 7.89. The molecule has 0 spiro atoms. The van der Waals surface area contributed by atoms with Crippen LogP contribution < -0.4 is 9.62 Å². The van der Waals surface area contributed by atoms with E-state index in [0.717, 1.165) is 25.2 Å². The third-order valence-electron chi connectivity index (χ3n) is 5.13. The molecule has 3 rings (SSSR count). The number of aromatic carboxylic acids is 1. The van der Waals surface area contributed by atoms with Crippen LogP contribution in [0.15, 0.2) is 47.4 Å². The monoisotopic (exact) mass is 388 g/mol. The molecule has 1 fully saturated rings. The molecule has 1 unspecified atom stereocenters. The molecule has 144 valence electrons. The lowest BCUT2D eigenvalue weighted by Gasteiger charge is -2.19. The molecule has 0 aromatic heterocycles. The minimum atomic E-state index is -3.77. The summed E-state index contributed by atoms with van der Waals surface area (Å²) in [5.74, 6) is -0.923. The summed E-state index contributed by atoms with van der Waals surface area (Å²) in [4.78, 5) is 13.5. The lowest BCUT2D eigenvalue weighted by atomic mass is 10.1. The smallest absolute Gasteiger partial charge is 0.335 e. The summed E-state index contributed by atoms with van der Waals surface area (Å²) in [5, 5.41) is 9.21. The first-order valence-electron chi connectivity index (χ1n) is 8.92. The van der Waals surface area contributed by atoms with Gasteiger partial charge in [-0.15, -0.1) is 0 Å². The van der Waals surface area contributed by atoms with E-state index in [2.05, 4.69) is 21.8 Å². The Hall–Kier alpha value is -2.38. The molecule has 1 aliphatic rings. The number of hydrogen-bond donors (Lipinski definition) is 2. The van der Waals surface area contributed by atoms with Crippen LogP contribution in [0, 0.1) is 19.8 Å². The Morgan fingerprint density at radius 3 is 2.59 bits per heavy atom. The van der Waals surface area contributed by atoms with E-state index in [1.807, 2.05) is 18.2 Å². The Bertz CT molecular complexity index is 942. The zero-order chi connectivity index (χ0) is 19.6. The van der Waals surface area contributed by atoms with Crippen LogP contribution in [-0.4, -0.2) is 39.1 Å². The van der Waals surface area contributed by atoms with Crippen LogP contribution in [0.3, 0.4) is 0 Å². The average Bonchev–Trinajstić information content (AvgIpc) is 3.12. The van der Waals surface area contributed by atoms with Crippen molar-refractivity contribution < 1.29 is 18.3 Å². The number of nitrogens with one attached hydrogen (secondary N) is 1. The normalized spacial score (nSPS) is 17.3. The van der Waals surface area contributed by atoms with Gasteiger partial charge in [0, 0.05) is 25.3 Å². The number of aryl methyl sites for hydroxylation is 1. The van der Waals surface area contributed by atoms with Crippen LogP contribution in [-0.2, 0) is 10.0 Å². The Kier molecular flexibility index (Phi) is 5.53. The van der Waals surface area contributed by atoms with Gasteiger partial charge in [0.15, 0.2) is 0 Å². The first kappa shape index (κ1) is 19.4. The van der Waals surface area contributed by atoms with Crippen LogP contribution in [0.2, 0.25) is 0 Å². The van der Waals surface area contributed by atoms with Gasteiger partial charge in [-0.25, -0.2) is 17.9 Å². The van der Waals surface area contributed by atoms with Gasteiger partial charge >= 0.3 is 5.97 Å². The molecule has 0 amide bonds. The van der Waals surface area contributed by atoms with Crippen LogP contribution >= 0.6 is 0 Å². The van der Waals surface area contributed by atoms with Gasteiger partial charge in [-0.2, -0.15) is 0 Å². The number of anilines is 1. The molecule has 2 aromatic carbocycles. The van der Waals surface area contributed by atoms with Crippen molar-refractivity contribution in [3.8, 4) is 0 Å². The number of nitrogens with zero attached hydrogens (tertiary/aromatic N) is 1. The minimum absolute atomic E-state index is 0.0189. The Morgan fingerprint density at radius 2 is 1.93 bits per heavy atom. The zero-order valence-electron chi connectivity index (χ0n) is 15.5. The van der Waals surface area contributed by atoms with Gasteiger partial charge in [0.1, 0.15) is 0 Å². The van der Waals surface area contributed by atoms with E-state index in [4.69, 9.17) is 0 Å². The van der Waals surface area contributed by atoms with Gasteiger partial charge in [-0.05, 0) is 61.6 Å². The second-order valence-corrected chi connectivity index (χ2v) is 8.74. The summed E-state index contributed by atoms with van der Waals surface area (Å²) < 4.78 is 28.2. The van der Waals surface area contributed by atoms with E-state index in [0.29, 0.717) is 17.7 Å². The summed E-state index contributed by atoms with van der Waals surface area (Å²) in [5.41, 5.74) is 2.34. The van der Waals surface area contributed by atoms with E-state index in [-0.39, 0.29) is 16.4 Å². The van der Waals surface area contributed by atoms with E-state index >= 15 is 0 Å². The van der Waals surface area contributed by atoms with Crippen LogP contribution in [0.4, 0.5) is 5.69 Å². The summed E-state index contributed by atoms with van der Waals surface area (Å²) in [7, 11) is -3.77. The SMILES string of the molecule is Cc1cc(C(=O)O)cc(S(=O)(=O)NCC2CCN(c3ccccc3)C2)c1C. The molecule has 0 radical (unpaired) electrons. The Morgan fingerprint density at radius 1 is 1.22 bits per heavy atom. The number of carboxylic acid groups (broad SMARTS) is 1. The molecular weight excluding hydrogens is 364 g/mol. The fourth-order valence-electron chi connectivity index (χ4n) is 3.41. The molecule has 1 heterocycles. The standard InChI is InChI=1S/C20H24N2O4S/c1-14-10-17(20(23)24)11-19(15(14)2)27(25,26)21-12-16-8-9-22(13-16)18-6-4-3-5-7-18/h3-7,10-11,16,21H,8-9,12-13H2,1-2H3,(H,23,24). The molecule has 0 saturated carbocycles. The van der Waals surface area contributed by atoms with Crippen molar-refractivity contribution in [2.24, 2.45) is 5.92 Å². The number of carboxylic acids is 1. The average molecular weight is 388 g/mol. The summed E-state index contributed by atoms with van der Waals surface area (Å²) >= 11 is 0. The predicted molar refractivity (Wildman–Crippen MR) is 105 cm³/mol. The van der Waals surface area contributed by atoms with Crippen molar-refractivity contribution in [3.05, 3.63) is 59.2 Å². The van der Waals surface area contributed by atoms with E-state index in [1.54, 1.807) is 13.8 Å². The number of hydrogen-bond acceptors (Lipinski definition) is 4. The maximum atomic E-state index is 12.8. The summed E-state index contributed by atoms with van der Waals surface area (Å²) in [6.07, 6.45) is 0.907. The molecule has 0 bridgehead atoms. The van der Waals surface area contributed by atoms with Crippen molar-refractivity contribution in [1.82, 2.24) is 4.72 Å². The van der Waals surface area contributed by atoms with Crippen LogP contribution in [0.1, 0.15) is 27.9 Å². The first-order chi connectivity index (χ1) is 12.8. The van der Waals surface area contributed by atoms with Crippen LogP contribution in [0.5, 0.6) is 0 Å². The largest absolute Gasteiger partial charge is 0.478 e.